The van der Waals surface area contributed by atoms with Crippen molar-refractivity contribution in [1.82, 2.24) is 9.97 Å². The quantitative estimate of drug-likeness (QED) is 0.767. The number of methoxy groups -OCH3 is 1. The van der Waals surface area contributed by atoms with Gasteiger partial charge in [-0.1, -0.05) is 36.4 Å². The molecule has 0 saturated heterocycles. The highest BCUT2D eigenvalue weighted by Crippen LogP contribution is 2.24. The highest BCUT2D eigenvalue weighted by molar-refractivity contribution is 5.81. The summed E-state index contributed by atoms with van der Waals surface area (Å²) < 4.78 is 5.22. The zero-order chi connectivity index (χ0) is 16.2. The lowest BCUT2D eigenvalue weighted by Gasteiger charge is -1.98. The summed E-state index contributed by atoms with van der Waals surface area (Å²) in [5.74, 6) is 1.78. The molecule has 0 amide bonds. The van der Waals surface area contributed by atoms with Crippen molar-refractivity contribution in [3.05, 3.63) is 54.1 Å². The van der Waals surface area contributed by atoms with Crippen LogP contribution in [0.15, 0.2) is 48.5 Å². The molecule has 0 aliphatic heterocycles. The lowest BCUT2D eigenvalue weighted by molar-refractivity contribution is -0.116. The molecule has 116 valence electrons. The van der Waals surface area contributed by atoms with Crippen molar-refractivity contribution >= 4 is 22.9 Å². The monoisotopic (exact) mass is 306 g/mol. The van der Waals surface area contributed by atoms with E-state index >= 15 is 0 Å². The zero-order valence-electron chi connectivity index (χ0n) is 13.2. The number of allylic oxidation sites excluding steroid dienone is 1. The van der Waals surface area contributed by atoms with E-state index in [9.17, 15) is 4.79 Å². The third-order valence-electron chi connectivity index (χ3n) is 3.59. The third kappa shape index (κ3) is 3.48. The average Bonchev–Trinajstić information content (AvgIpc) is 2.98. The predicted molar refractivity (Wildman–Crippen MR) is 92.4 cm³/mol. The van der Waals surface area contributed by atoms with Crippen molar-refractivity contribution in [1.29, 1.82) is 0 Å². The molecule has 0 atom stereocenters. The molecule has 3 rings (SSSR count). The minimum Gasteiger partial charge on any atom is -0.497 e. The summed E-state index contributed by atoms with van der Waals surface area (Å²) in [6, 6.07) is 13.8. The number of rotatable bonds is 5. The fourth-order valence-electron chi connectivity index (χ4n) is 2.36. The first-order valence-electron chi connectivity index (χ1n) is 7.46. The van der Waals surface area contributed by atoms with Crippen LogP contribution in [0.4, 0.5) is 0 Å². The highest BCUT2D eigenvalue weighted by Gasteiger charge is 2.06. The minimum absolute atomic E-state index is 0.163. The number of ether oxygens (including phenoxy) is 1. The second-order valence-corrected chi connectivity index (χ2v) is 5.40. The Hall–Kier alpha value is -2.88. The van der Waals surface area contributed by atoms with Gasteiger partial charge in [0.05, 0.1) is 18.1 Å². The van der Waals surface area contributed by atoms with Crippen LogP contribution >= 0.6 is 0 Å². The average molecular weight is 306 g/mol. The first kappa shape index (κ1) is 15.0. The van der Waals surface area contributed by atoms with Crippen LogP contribution in [-0.2, 0) is 4.79 Å². The standard InChI is InChI=1S/C19H18N2O2/c1-13(22)4-3-5-14-6-8-15(9-7-14)19-20-17-11-10-16(23-2)12-18(17)21-19/h3,5-12H,4H2,1-2H3,(H,20,21)/b5-3+. The molecule has 3 aromatic rings. The van der Waals surface area contributed by atoms with Crippen molar-refractivity contribution in [2.45, 2.75) is 13.3 Å². The molecule has 0 aliphatic rings. The topological polar surface area (TPSA) is 55.0 Å². The van der Waals surface area contributed by atoms with E-state index in [2.05, 4.69) is 9.97 Å². The predicted octanol–water partition coefficient (Wildman–Crippen LogP) is 4.23. The summed E-state index contributed by atoms with van der Waals surface area (Å²) in [6.07, 6.45) is 4.30. The number of Topliss-reactive ketones (excluding diaryl/α,β-unsaturated/α-hetero) is 1. The van der Waals surface area contributed by atoms with Crippen LogP contribution in [0.2, 0.25) is 0 Å². The van der Waals surface area contributed by atoms with Gasteiger partial charge in [0, 0.05) is 18.1 Å². The maximum absolute atomic E-state index is 10.9. The van der Waals surface area contributed by atoms with E-state index in [0.29, 0.717) is 6.42 Å². The number of carbonyl (C=O) groups excluding carboxylic acids is 1. The van der Waals surface area contributed by atoms with Crippen molar-refractivity contribution in [2.24, 2.45) is 0 Å². The first-order chi connectivity index (χ1) is 11.2. The van der Waals surface area contributed by atoms with Crippen LogP contribution in [0.5, 0.6) is 5.75 Å². The first-order valence-corrected chi connectivity index (χ1v) is 7.46. The smallest absolute Gasteiger partial charge is 0.138 e. The number of nitrogens with one attached hydrogen (secondary N) is 1. The normalized spacial score (nSPS) is 11.2. The molecule has 0 unspecified atom stereocenters. The SMILES string of the molecule is COc1ccc2[nH]c(-c3ccc(/C=C/CC(C)=O)cc3)nc2c1. The van der Waals surface area contributed by atoms with Crippen molar-refractivity contribution in [3.63, 3.8) is 0 Å². The zero-order valence-corrected chi connectivity index (χ0v) is 13.2. The second-order valence-electron chi connectivity index (χ2n) is 5.40. The molecule has 0 spiro atoms. The van der Waals surface area contributed by atoms with Crippen molar-refractivity contribution in [3.8, 4) is 17.1 Å². The van der Waals surface area contributed by atoms with E-state index in [1.807, 2.05) is 54.6 Å². The van der Waals surface area contributed by atoms with Crippen molar-refractivity contribution < 1.29 is 9.53 Å². The van der Waals surface area contributed by atoms with Crippen LogP contribution < -0.4 is 4.74 Å². The summed E-state index contributed by atoms with van der Waals surface area (Å²) in [7, 11) is 1.65. The van der Waals surface area contributed by atoms with Gasteiger partial charge in [0.25, 0.3) is 0 Å². The van der Waals surface area contributed by atoms with E-state index in [-0.39, 0.29) is 5.78 Å². The van der Waals surface area contributed by atoms with E-state index in [1.54, 1.807) is 14.0 Å². The van der Waals surface area contributed by atoms with Crippen molar-refractivity contribution in [2.75, 3.05) is 7.11 Å². The van der Waals surface area contributed by atoms with Gasteiger partial charge in [0.15, 0.2) is 0 Å². The van der Waals surface area contributed by atoms with E-state index in [0.717, 1.165) is 33.7 Å². The summed E-state index contributed by atoms with van der Waals surface area (Å²) in [6.45, 7) is 1.59. The molecule has 0 bridgehead atoms. The third-order valence-corrected chi connectivity index (χ3v) is 3.59. The summed E-state index contributed by atoms with van der Waals surface area (Å²) in [4.78, 5) is 18.9. The fourth-order valence-corrected chi connectivity index (χ4v) is 2.36. The molecule has 0 radical (unpaired) electrons. The fraction of sp³-hybridized carbons (Fsp3) is 0.158. The van der Waals surface area contributed by atoms with Crippen LogP contribution in [0, 0.1) is 0 Å². The van der Waals surface area contributed by atoms with Gasteiger partial charge >= 0.3 is 0 Å². The lowest BCUT2D eigenvalue weighted by Crippen LogP contribution is -1.84. The van der Waals surface area contributed by atoms with Gasteiger partial charge in [-0.15, -0.1) is 0 Å². The summed E-state index contributed by atoms with van der Waals surface area (Å²) in [5, 5.41) is 0. The molecular formula is C19H18N2O2. The Bertz CT molecular complexity index is 861. The Kier molecular flexibility index (Phi) is 4.24. The number of H-pyrrole nitrogens is 1. The Labute approximate surface area is 134 Å². The molecule has 0 aliphatic carbocycles. The van der Waals surface area contributed by atoms with E-state index in [4.69, 9.17) is 4.74 Å². The molecular weight excluding hydrogens is 288 g/mol. The molecule has 2 aromatic carbocycles. The highest BCUT2D eigenvalue weighted by atomic mass is 16.5. The maximum atomic E-state index is 10.9. The number of benzene rings is 2. The number of hydrogen-bond donors (Lipinski definition) is 1. The minimum atomic E-state index is 0.163. The number of aromatic nitrogens is 2. The van der Waals surface area contributed by atoms with Gasteiger partial charge < -0.3 is 9.72 Å². The molecule has 4 nitrogen and oxygen atoms in total. The van der Waals surface area contributed by atoms with Crippen LogP contribution in [0.1, 0.15) is 18.9 Å². The van der Waals surface area contributed by atoms with Gasteiger partial charge in [0.2, 0.25) is 0 Å². The Morgan fingerprint density at radius 2 is 2.00 bits per heavy atom. The number of ketones is 1. The largest absolute Gasteiger partial charge is 0.497 e. The van der Waals surface area contributed by atoms with Gasteiger partial charge in [-0.3, -0.25) is 4.79 Å². The van der Waals surface area contributed by atoms with Crippen LogP contribution in [0.25, 0.3) is 28.5 Å². The molecule has 23 heavy (non-hydrogen) atoms. The molecule has 1 aromatic heterocycles. The number of hydrogen-bond acceptors (Lipinski definition) is 3. The van der Waals surface area contributed by atoms with Gasteiger partial charge in [0.1, 0.15) is 17.4 Å². The summed E-state index contributed by atoms with van der Waals surface area (Å²) >= 11 is 0. The molecule has 0 saturated carbocycles. The number of fused-ring (bicyclic) bond motifs is 1. The summed E-state index contributed by atoms with van der Waals surface area (Å²) in [5.41, 5.74) is 3.94. The van der Waals surface area contributed by atoms with Crippen LogP contribution in [0.3, 0.4) is 0 Å². The Balaban J connectivity index is 1.84. The number of aromatic amines is 1. The van der Waals surface area contributed by atoms with E-state index in [1.165, 1.54) is 0 Å². The Morgan fingerprint density at radius 3 is 2.70 bits per heavy atom. The lowest BCUT2D eigenvalue weighted by atomic mass is 10.1. The number of nitrogens with zero attached hydrogens (tertiary/aromatic N) is 1. The van der Waals surface area contributed by atoms with Gasteiger partial charge in [-0.05, 0) is 24.6 Å². The van der Waals surface area contributed by atoms with Crippen LogP contribution in [-0.4, -0.2) is 22.9 Å². The van der Waals surface area contributed by atoms with Gasteiger partial charge in [-0.25, -0.2) is 4.98 Å². The Morgan fingerprint density at radius 1 is 1.22 bits per heavy atom. The second kappa shape index (κ2) is 6.48. The maximum Gasteiger partial charge on any atom is 0.138 e. The van der Waals surface area contributed by atoms with E-state index < -0.39 is 0 Å². The molecule has 1 N–H and O–H groups in total. The molecule has 0 fully saturated rings. The number of imidazole rings is 1. The van der Waals surface area contributed by atoms with Gasteiger partial charge in [-0.2, -0.15) is 0 Å². The number of carbonyl (C=O) groups is 1. The molecule has 4 heteroatoms. The molecule has 1 heterocycles.